The number of imidazole rings is 4. The van der Waals surface area contributed by atoms with Crippen molar-refractivity contribution in [3.63, 3.8) is 0 Å². The number of aliphatic hydroxyl groups is 8. The molecule has 0 amide bonds. The fourth-order valence-electron chi connectivity index (χ4n) is 15.2. The lowest BCUT2D eigenvalue weighted by molar-refractivity contribution is -0.0580. The number of fused-ring (bicyclic) bond motifs is 4. The van der Waals surface area contributed by atoms with Gasteiger partial charge < -0.3 is 121 Å². The zero-order chi connectivity index (χ0) is 84.9. The van der Waals surface area contributed by atoms with Crippen molar-refractivity contribution in [1.29, 1.82) is 0 Å². The van der Waals surface area contributed by atoms with Crippen LogP contribution in [0.5, 0.6) is 0 Å². The summed E-state index contributed by atoms with van der Waals surface area (Å²) in [7, 11) is 9.28. The Labute approximate surface area is 688 Å². The lowest BCUT2D eigenvalue weighted by Crippen LogP contribution is -2.44. The molecule has 6 aliphatic rings. The Morgan fingerprint density at radius 1 is 0.420 bits per heavy atom. The summed E-state index contributed by atoms with van der Waals surface area (Å²) in [6.45, 7) is 12.8. The van der Waals surface area contributed by atoms with Gasteiger partial charge in [0.1, 0.15) is 96.5 Å². The highest BCUT2D eigenvalue weighted by Gasteiger charge is 2.48. The summed E-state index contributed by atoms with van der Waals surface area (Å²) in [4.78, 5) is 56.5. The maximum Gasteiger partial charge on any atom is 0.240 e. The van der Waals surface area contributed by atoms with Gasteiger partial charge in [-0.05, 0) is 64.8 Å². The van der Waals surface area contributed by atoms with Crippen molar-refractivity contribution in [2.75, 3.05) is 117 Å². The molecule has 5 aliphatic heterocycles. The van der Waals surface area contributed by atoms with E-state index in [4.69, 9.17) is 42.9 Å². The molecule has 13 heterocycles. The standard InChI is InChI=1S/C21H35N7O4.C19H24N6O6S.C19H30N6O4.C16H26N6O4/c1-12(2)27-7-5-13(6-8-27)23-9-15-25-19(22-3)16-20(26-15)28(11-24-16)21-18(30)17(29)14(32-21)10-31-4;1-20-17-14-18(25(10-21-14)19-16(27)15(26)12(31-19)9-30-2)24-13(23-17)8-22-32(28,29)11-6-4-3-5-7-11;1-20-17-14-18(24-13(23-17)8-21-11-6-4-3-5-7-11)25(10-22-14)19-16(27)15(26)12(29-19)9-28-2;1-8(2)18-5-10-20-14(17-3)11-15(21-10)22(7-19-11)16-13(24)12(23)9(26-16)6-25-4/h11-14,17-18,21,23,29-30H,5-10H2,1-4H3,(H,22,25,26);3-7,10,12,15-16,19,22,26-27H,8-9H2,1-2H3,(H,20,23,24);10-12,15-16,19,21,26-27H,3-9H2,1-2H3,(H,20,23,24);7-9,12-13,16,18,23-24H,5-6H2,1-4H3,(H,17,20,21)/t14-,17-,18-,21-;2*12-,15-,16-,19-;9-,12-,13-,16-/m1111/s1. The van der Waals surface area contributed by atoms with Gasteiger partial charge in [-0.15, -0.1) is 0 Å². The van der Waals surface area contributed by atoms with Crippen LogP contribution in [0.3, 0.4) is 0 Å². The minimum Gasteiger partial charge on any atom is -0.387 e. The lowest BCUT2D eigenvalue weighted by Gasteiger charge is -2.34. The van der Waals surface area contributed by atoms with E-state index in [-0.39, 0.29) is 43.7 Å². The molecule has 0 spiro atoms. The Morgan fingerprint density at radius 3 is 1.03 bits per heavy atom. The Hall–Kier alpha value is -8.27. The zero-order valence-corrected chi connectivity index (χ0v) is 69.8. The molecule has 0 unspecified atom stereocenters. The number of methoxy groups -OCH3 is 4. The number of hydrogen-bond acceptors (Lipinski definition) is 38. The minimum atomic E-state index is -3.76. The number of rotatable bonds is 30. The first-order valence-electron chi connectivity index (χ1n) is 40.0. The number of piperidine rings is 1. The summed E-state index contributed by atoms with van der Waals surface area (Å²) in [5.41, 5.74) is 4.09. The van der Waals surface area contributed by atoms with Crippen molar-refractivity contribution in [2.45, 2.75) is 226 Å². The molecule has 5 saturated heterocycles. The third-order valence-corrected chi connectivity index (χ3v) is 23.1. The van der Waals surface area contributed by atoms with E-state index in [9.17, 15) is 49.3 Å². The molecule has 9 aromatic rings. The average Bonchev–Trinajstić information content (AvgIpc) is 1.64. The first kappa shape index (κ1) is 90.0. The van der Waals surface area contributed by atoms with E-state index in [2.05, 4.69) is 116 Å². The first-order chi connectivity index (χ1) is 57.3. The largest absolute Gasteiger partial charge is 0.387 e. The van der Waals surface area contributed by atoms with Gasteiger partial charge in [-0.1, -0.05) is 51.3 Å². The molecular formula is C75H115N25O18S. The Bertz CT molecular complexity index is 4850. The minimum absolute atomic E-state index is 0.102. The van der Waals surface area contributed by atoms with E-state index in [0.717, 1.165) is 25.9 Å². The van der Waals surface area contributed by atoms with Crippen molar-refractivity contribution in [3.8, 4) is 0 Å². The molecule has 15 rings (SSSR count). The van der Waals surface area contributed by atoms with Crippen LogP contribution in [-0.2, 0) is 74.1 Å². The molecule has 1 aliphatic carbocycles. The van der Waals surface area contributed by atoms with Crippen LogP contribution in [0.15, 0.2) is 60.5 Å². The second kappa shape index (κ2) is 41.1. The molecule has 1 aromatic carbocycles. The average molecular weight is 1690 g/mol. The Kier molecular flexibility index (Phi) is 31.1. The Morgan fingerprint density at radius 2 is 0.731 bits per heavy atom. The molecule has 119 heavy (non-hydrogen) atoms. The lowest BCUT2D eigenvalue weighted by atomic mass is 9.95. The normalized spacial score (nSPS) is 26.4. The van der Waals surface area contributed by atoms with E-state index in [1.54, 1.807) is 72.7 Å². The third-order valence-electron chi connectivity index (χ3n) is 21.7. The number of anilines is 4. The molecule has 16 N–H and O–H groups in total. The van der Waals surface area contributed by atoms with Gasteiger partial charge in [-0.25, -0.2) is 72.9 Å². The monoisotopic (exact) mass is 1690 g/mol. The Balaban J connectivity index is 0.000000146. The summed E-state index contributed by atoms with van der Waals surface area (Å²) >= 11 is 0. The molecule has 43 nitrogen and oxygen atoms in total. The number of hydrogen-bond donors (Lipinski definition) is 16. The van der Waals surface area contributed by atoms with Crippen LogP contribution < -0.4 is 41.9 Å². The van der Waals surface area contributed by atoms with Crippen LogP contribution in [0, 0.1) is 0 Å². The van der Waals surface area contributed by atoms with Crippen molar-refractivity contribution < 1.29 is 87.2 Å². The van der Waals surface area contributed by atoms with Crippen molar-refractivity contribution >= 4 is 78.0 Å². The second-order valence-electron chi connectivity index (χ2n) is 30.4. The number of aliphatic hydroxyl groups excluding tert-OH is 8. The molecule has 44 heteroatoms. The van der Waals surface area contributed by atoms with Crippen LogP contribution in [-0.4, -0.2) is 326 Å². The number of benzene rings is 1. The highest BCUT2D eigenvalue weighted by molar-refractivity contribution is 7.89. The van der Waals surface area contributed by atoms with Gasteiger partial charge in [0.2, 0.25) is 10.0 Å². The van der Waals surface area contributed by atoms with Crippen molar-refractivity contribution in [1.82, 2.24) is 104 Å². The molecule has 654 valence electrons. The number of likely N-dealkylation sites (tertiary alicyclic amines) is 1. The van der Waals surface area contributed by atoms with Crippen LogP contribution >= 0.6 is 0 Å². The summed E-state index contributed by atoms with van der Waals surface area (Å²) in [6.07, 6.45) is -0.359. The zero-order valence-electron chi connectivity index (χ0n) is 68.9. The summed E-state index contributed by atoms with van der Waals surface area (Å²) in [6, 6.07) is 9.76. The van der Waals surface area contributed by atoms with Crippen molar-refractivity contribution in [2.24, 2.45) is 0 Å². The van der Waals surface area contributed by atoms with Crippen LogP contribution in [0.4, 0.5) is 23.3 Å². The van der Waals surface area contributed by atoms with Crippen LogP contribution in [0.1, 0.15) is 121 Å². The highest BCUT2D eigenvalue weighted by atomic mass is 32.2. The van der Waals surface area contributed by atoms with Crippen LogP contribution in [0.2, 0.25) is 0 Å². The van der Waals surface area contributed by atoms with E-state index in [0.29, 0.717) is 129 Å². The van der Waals surface area contributed by atoms with E-state index in [1.807, 2.05) is 13.8 Å². The first-order valence-corrected chi connectivity index (χ1v) is 41.5. The number of sulfonamides is 1. The molecule has 0 bridgehead atoms. The van der Waals surface area contributed by atoms with Gasteiger partial charge in [0.25, 0.3) is 0 Å². The summed E-state index contributed by atoms with van der Waals surface area (Å²) in [5.74, 6) is 4.27. The second-order valence-corrected chi connectivity index (χ2v) is 32.2. The van der Waals surface area contributed by atoms with Gasteiger partial charge in [0.15, 0.2) is 92.8 Å². The fraction of sp³-hybridized carbons (Fsp3) is 0.653. The van der Waals surface area contributed by atoms with E-state index in [1.165, 1.54) is 89.9 Å². The summed E-state index contributed by atoms with van der Waals surface area (Å²) in [5, 5.41) is 106. The molecular weight excluding hydrogens is 1570 g/mol. The third kappa shape index (κ3) is 20.6. The number of nitrogens with one attached hydrogen (secondary N) is 8. The quantitative estimate of drug-likeness (QED) is 0.0279. The summed E-state index contributed by atoms with van der Waals surface area (Å²) < 4.78 is 77.5. The maximum atomic E-state index is 12.5. The molecule has 0 radical (unpaired) electrons. The molecule has 8 aromatic heterocycles. The molecule has 6 fully saturated rings. The van der Waals surface area contributed by atoms with Gasteiger partial charge in [-0.3, -0.25) is 18.3 Å². The molecule has 16 atom stereocenters. The number of nitrogens with zero attached hydrogens (tertiary/aromatic N) is 17. The number of aromatic nitrogens is 16. The van der Waals surface area contributed by atoms with Gasteiger partial charge >= 0.3 is 0 Å². The number of ether oxygens (including phenoxy) is 8. The highest BCUT2D eigenvalue weighted by Crippen LogP contribution is 2.38. The predicted molar refractivity (Wildman–Crippen MR) is 433 cm³/mol. The van der Waals surface area contributed by atoms with Gasteiger partial charge in [0, 0.05) is 80.8 Å². The van der Waals surface area contributed by atoms with Gasteiger partial charge in [0.05, 0.1) is 82.8 Å². The topological polar surface area (TPSA) is 544 Å². The smallest absolute Gasteiger partial charge is 0.240 e. The fourth-order valence-corrected chi connectivity index (χ4v) is 16.2. The molecule has 1 saturated carbocycles. The van der Waals surface area contributed by atoms with Crippen molar-refractivity contribution in [3.05, 3.63) is 78.9 Å². The maximum absolute atomic E-state index is 12.5. The van der Waals surface area contributed by atoms with E-state index < -0.39 is 108 Å². The van der Waals surface area contributed by atoms with Crippen LogP contribution in [0.25, 0.3) is 44.7 Å². The predicted octanol–water partition coefficient (Wildman–Crippen LogP) is -0.104. The SMILES string of the molecule is CNc1nc(CNC(C)C)nc2c1ncn2[C@@H]1O[C@H](COC)[C@@H](O)[C@H]1O.CNc1nc(CNC2CCCCC2)nc2c1ncn2[C@@H]1O[C@H](COC)[C@@H](O)[C@H]1O.CNc1nc(CNC2CCN(C(C)C)CC2)nc2c1ncn2[C@@H]1O[C@H](COC)[C@@H](O)[C@H]1O.CNc1nc(CNS(=O)(=O)c2ccccc2)nc2c1ncn2[C@@H]1O[C@H](COC)[C@@H](O)[C@H]1O. The van der Waals surface area contributed by atoms with E-state index >= 15 is 0 Å². The van der Waals surface area contributed by atoms with Gasteiger partial charge in [-0.2, -0.15) is 0 Å².